The molecular formula is C14H10F3N3O. The van der Waals surface area contributed by atoms with Crippen LogP contribution in [0.3, 0.4) is 0 Å². The van der Waals surface area contributed by atoms with E-state index >= 15 is 0 Å². The summed E-state index contributed by atoms with van der Waals surface area (Å²) >= 11 is 0. The Kier molecular flexibility index (Phi) is 2.93. The van der Waals surface area contributed by atoms with Crippen LogP contribution in [0, 0.1) is 6.92 Å². The number of hydrogen-bond acceptors (Lipinski definition) is 4. The zero-order valence-corrected chi connectivity index (χ0v) is 11.2. The molecule has 0 aliphatic heterocycles. The highest BCUT2D eigenvalue weighted by atomic mass is 19.4. The number of alkyl halides is 3. The van der Waals surface area contributed by atoms with Crippen molar-refractivity contribution in [2.75, 3.05) is 7.11 Å². The van der Waals surface area contributed by atoms with Gasteiger partial charge in [0.15, 0.2) is 5.69 Å². The lowest BCUT2D eigenvalue weighted by Gasteiger charge is -2.13. The number of benzene rings is 1. The number of pyridine rings is 1. The van der Waals surface area contributed by atoms with Crippen molar-refractivity contribution >= 4 is 21.8 Å². The standard InChI is InChI=1S/C14H10F3N3O/c1-7-18-11-8-5-3-4-6-9(8)20-13(21-2)10(11)12(19-7)14(15,16)17/h3-6H,1-2H3. The Balaban J connectivity index is 2.59. The van der Waals surface area contributed by atoms with E-state index in [1.165, 1.54) is 14.0 Å². The Labute approximate surface area is 117 Å². The third kappa shape index (κ3) is 2.14. The number of para-hydroxylation sites is 1. The highest BCUT2D eigenvalue weighted by molar-refractivity contribution is 6.06. The molecule has 1 aromatic carbocycles. The number of fused-ring (bicyclic) bond motifs is 3. The third-order valence-electron chi connectivity index (χ3n) is 3.08. The molecule has 0 bridgehead atoms. The quantitative estimate of drug-likeness (QED) is 0.644. The molecule has 0 radical (unpaired) electrons. The lowest BCUT2D eigenvalue weighted by molar-refractivity contribution is -0.140. The summed E-state index contributed by atoms with van der Waals surface area (Å²) in [4.78, 5) is 11.8. The molecule has 0 atom stereocenters. The van der Waals surface area contributed by atoms with Crippen molar-refractivity contribution in [3.05, 3.63) is 35.8 Å². The first-order valence-corrected chi connectivity index (χ1v) is 6.10. The first kappa shape index (κ1) is 13.5. The maximum Gasteiger partial charge on any atom is 0.434 e. The zero-order valence-electron chi connectivity index (χ0n) is 11.2. The second-order valence-corrected chi connectivity index (χ2v) is 4.48. The minimum absolute atomic E-state index is 0.0493. The van der Waals surface area contributed by atoms with Crippen molar-refractivity contribution in [2.45, 2.75) is 13.1 Å². The fraction of sp³-hybridized carbons (Fsp3) is 0.214. The molecule has 0 fully saturated rings. The van der Waals surface area contributed by atoms with Gasteiger partial charge in [-0.2, -0.15) is 13.2 Å². The summed E-state index contributed by atoms with van der Waals surface area (Å²) in [6.07, 6.45) is -4.61. The molecule has 21 heavy (non-hydrogen) atoms. The Morgan fingerprint density at radius 2 is 1.76 bits per heavy atom. The molecule has 0 saturated heterocycles. The van der Waals surface area contributed by atoms with Crippen molar-refractivity contribution in [1.82, 2.24) is 15.0 Å². The van der Waals surface area contributed by atoms with Gasteiger partial charge in [-0.3, -0.25) is 0 Å². The second kappa shape index (κ2) is 4.54. The van der Waals surface area contributed by atoms with Gasteiger partial charge in [0.05, 0.1) is 23.5 Å². The van der Waals surface area contributed by atoms with Crippen molar-refractivity contribution in [2.24, 2.45) is 0 Å². The minimum Gasteiger partial charge on any atom is -0.480 e. The molecule has 4 nitrogen and oxygen atoms in total. The molecular weight excluding hydrogens is 283 g/mol. The number of aryl methyl sites for hydroxylation is 1. The van der Waals surface area contributed by atoms with E-state index in [0.29, 0.717) is 10.9 Å². The van der Waals surface area contributed by atoms with Gasteiger partial charge in [-0.05, 0) is 13.0 Å². The average molecular weight is 293 g/mol. The molecule has 0 unspecified atom stereocenters. The fourth-order valence-corrected chi connectivity index (χ4v) is 2.26. The van der Waals surface area contributed by atoms with E-state index in [1.54, 1.807) is 24.3 Å². The van der Waals surface area contributed by atoms with Crippen molar-refractivity contribution in [1.29, 1.82) is 0 Å². The summed E-state index contributed by atoms with van der Waals surface area (Å²) in [5, 5.41) is 0.318. The van der Waals surface area contributed by atoms with E-state index in [0.717, 1.165) is 0 Å². The van der Waals surface area contributed by atoms with Crippen LogP contribution in [-0.2, 0) is 6.18 Å². The number of aromatic nitrogens is 3. The number of methoxy groups -OCH3 is 1. The molecule has 0 saturated carbocycles. The average Bonchev–Trinajstić information content (AvgIpc) is 2.44. The maximum absolute atomic E-state index is 13.2. The highest BCUT2D eigenvalue weighted by Crippen LogP contribution is 2.38. The van der Waals surface area contributed by atoms with Gasteiger partial charge in [0, 0.05) is 5.39 Å². The predicted octanol–water partition coefficient (Wildman–Crippen LogP) is 3.51. The van der Waals surface area contributed by atoms with E-state index in [1.807, 2.05) is 0 Å². The first-order chi connectivity index (χ1) is 9.91. The van der Waals surface area contributed by atoms with Crippen LogP contribution >= 0.6 is 0 Å². The van der Waals surface area contributed by atoms with E-state index in [4.69, 9.17) is 4.74 Å². The number of hydrogen-bond donors (Lipinski definition) is 0. The lowest BCUT2D eigenvalue weighted by atomic mass is 10.1. The first-order valence-electron chi connectivity index (χ1n) is 6.10. The van der Waals surface area contributed by atoms with Crippen molar-refractivity contribution in [3.63, 3.8) is 0 Å². The van der Waals surface area contributed by atoms with Crippen molar-refractivity contribution in [3.8, 4) is 5.88 Å². The van der Waals surface area contributed by atoms with Crippen LogP contribution in [-0.4, -0.2) is 22.1 Å². The molecule has 3 aromatic rings. The number of halogens is 3. The van der Waals surface area contributed by atoms with Gasteiger partial charge in [-0.25, -0.2) is 15.0 Å². The molecule has 3 rings (SSSR count). The maximum atomic E-state index is 13.2. The van der Waals surface area contributed by atoms with Gasteiger partial charge < -0.3 is 4.74 Å². The smallest absolute Gasteiger partial charge is 0.434 e. The van der Waals surface area contributed by atoms with Crippen LogP contribution < -0.4 is 4.74 Å². The lowest BCUT2D eigenvalue weighted by Crippen LogP contribution is -2.12. The summed E-state index contributed by atoms with van der Waals surface area (Å²) in [6, 6.07) is 6.85. The summed E-state index contributed by atoms with van der Waals surface area (Å²) in [5.41, 5.74) is -0.314. The molecule has 0 amide bonds. The number of nitrogens with zero attached hydrogens (tertiary/aromatic N) is 3. The van der Waals surface area contributed by atoms with Crippen LogP contribution in [0.15, 0.2) is 24.3 Å². The summed E-state index contributed by atoms with van der Waals surface area (Å²) in [5.74, 6) is -0.0794. The molecule has 7 heteroatoms. The predicted molar refractivity (Wildman–Crippen MR) is 71.1 cm³/mol. The Morgan fingerprint density at radius 3 is 2.43 bits per heavy atom. The van der Waals surface area contributed by atoms with Gasteiger partial charge in [0.2, 0.25) is 5.88 Å². The molecule has 2 heterocycles. The Bertz CT molecular complexity index is 846. The van der Waals surface area contributed by atoms with Crippen LogP contribution in [0.25, 0.3) is 21.8 Å². The van der Waals surface area contributed by atoms with Crippen molar-refractivity contribution < 1.29 is 17.9 Å². The van der Waals surface area contributed by atoms with Gasteiger partial charge in [-0.1, -0.05) is 18.2 Å². The van der Waals surface area contributed by atoms with E-state index in [9.17, 15) is 13.2 Å². The second-order valence-electron chi connectivity index (χ2n) is 4.48. The van der Waals surface area contributed by atoms with E-state index in [2.05, 4.69) is 15.0 Å². The van der Waals surface area contributed by atoms with Crippen LogP contribution in [0.1, 0.15) is 11.5 Å². The van der Waals surface area contributed by atoms with Crippen LogP contribution in [0.2, 0.25) is 0 Å². The van der Waals surface area contributed by atoms with Gasteiger partial charge >= 0.3 is 6.18 Å². The normalized spacial score (nSPS) is 12.0. The molecule has 2 aromatic heterocycles. The molecule has 0 aliphatic rings. The molecule has 0 spiro atoms. The molecule has 0 N–H and O–H groups in total. The van der Waals surface area contributed by atoms with E-state index < -0.39 is 11.9 Å². The monoisotopic (exact) mass is 293 g/mol. The summed E-state index contributed by atoms with van der Waals surface area (Å²) < 4.78 is 44.7. The number of ether oxygens (including phenoxy) is 1. The zero-order chi connectivity index (χ0) is 15.2. The summed E-state index contributed by atoms with van der Waals surface area (Å²) in [6.45, 7) is 1.43. The van der Waals surface area contributed by atoms with Crippen LogP contribution in [0.4, 0.5) is 13.2 Å². The highest BCUT2D eigenvalue weighted by Gasteiger charge is 2.37. The summed E-state index contributed by atoms with van der Waals surface area (Å²) in [7, 11) is 1.27. The third-order valence-corrected chi connectivity index (χ3v) is 3.08. The molecule has 0 aliphatic carbocycles. The Hall–Kier alpha value is -2.44. The molecule has 108 valence electrons. The Morgan fingerprint density at radius 1 is 1.05 bits per heavy atom. The largest absolute Gasteiger partial charge is 0.480 e. The van der Waals surface area contributed by atoms with Gasteiger partial charge in [-0.15, -0.1) is 0 Å². The minimum atomic E-state index is -4.61. The number of rotatable bonds is 1. The fourth-order valence-electron chi connectivity index (χ4n) is 2.26. The topological polar surface area (TPSA) is 47.9 Å². The van der Waals surface area contributed by atoms with E-state index in [-0.39, 0.29) is 22.6 Å². The van der Waals surface area contributed by atoms with Gasteiger partial charge in [0.25, 0.3) is 0 Å². The van der Waals surface area contributed by atoms with Gasteiger partial charge in [0.1, 0.15) is 5.82 Å². The van der Waals surface area contributed by atoms with Crippen LogP contribution in [0.5, 0.6) is 5.88 Å². The SMILES string of the molecule is COc1nc2ccccc2c2nc(C)nc(C(F)(F)F)c12.